The topological polar surface area (TPSA) is 43.4 Å². The number of aromatic nitrogens is 1. The SMILES string of the molecule is CC(NCCC1CC2CC(C3=CC=C(F)C=CC3)OC2O1)c1cccnc1. The van der Waals surface area contributed by atoms with Crippen LogP contribution in [0.4, 0.5) is 4.39 Å². The van der Waals surface area contributed by atoms with Gasteiger partial charge in [-0.05, 0) is 68.5 Å². The molecule has 1 aromatic rings. The summed E-state index contributed by atoms with van der Waals surface area (Å²) >= 11 is 0. The van der Waals surface area contributed by atoms with Crippen LogP contribution in [-0.4, -0.2) is 30.0 Å². The standard InChI is InChI=1S/C22H27FN2O2/c1-15(17-5-3-10-24-14-17)25-11-9-20-12-18-13-21(27-22(18)26-20)16-4-2-6-19(23)8-7-16/h2-3,5-8,10,14-15,18,20-22,25H,4,9,11-13H2,1H3. The van der Waals surface area contributed by atoms with Crippen molar-refractivity contribution in [2.24, 2.45) is 5.92 Å². The third-order valence-electron chi connectivity index (χ3n) is 5.69. The van der Waals surface area contributed by atoms with Crippen molar-refractivity contribution in [2.45, 2.75) is 57.1 Å². The highest BCUT2D eigenvalue weighted by atomic mass is 19.1. The number of hydrogen-bond donors (Lipinski definition) is 1. The molecule has 27 heavy (non-hydrogen) atoms. The van der Waals surface area contributed by atoms with Gasteiger partial charge in [0.25, 0.3) is 0 Å². The van der Waals surface area contributed by atoms with E-state index in [9.17, 15) is 4.39 Å². The summed E-state index contributed by atoms with van der Waals surface area (Å²) in [6, 6.07) is 4.34. The molecule has 2 fully saturated rings. The van der Waals surface area contributed by atoms with Crippen LogP contribution in [0.3, 0.4) is 0 Å². The Hall–Kier alpha value is -1.82. The lowest BCUT2D eigenvalue weighted by atomic mass is 9.94. The van der Waals surface area contributed by atoms with E-state index in [2.05, 4.69) is 23.3 Å². The molecular weight excluding hydrogens is 343 g/mol. The van der Waals surface area contributed by atoms with E-state index in [0.717, 1.165) is 37.8 Å². The number of hydrogen-bond acceptors (Lipinski definition) is 4. The summed E-state index contributed by atoms with van der Waals surface area (Å²) < 4.78 is 25.6. The van der Waals surface area contributed by atoms with Gasteiger partial charge in [0.1, 0.15) is 5.83 Å². The Labute approximate surface area is 160 Å². The van der Waals surface area contributed by atoms with E-state index in [-0.39, 0.29) is 30.4 Å². The third kappa shape index (κ3) is 4.54. The van der Waals surface area contributed by atoms with Crippen LogP contribution in [0.25, 0.3) is 0 Å². The molecule has 4 rings (SSSR count). The minimum atomic E-state index is -0.201. The molecule has 1 aliphatic carbocycles. The molecule has 4 nitrogen and oxygen atoms in total. The Morgan fingerprint density at radius 1 is 1.30 bits per heavy atom. The van der Waals surface area contributed by atoms with Gasteiger partial charge in [-0.2, -0.15) is 0 Å². The van der Waals surface area contributed by atoms with Gasteiger partial charge in [-0.1, -0.05) is 18.2 Å². The minimum absolute atomic E-state index is 0.0523. The molecule has 5 atom stereocenters. The highest BCUT2D eigenvalue weighted by molar-refractivity contribution is 5.29. The predicted molar refractivity (Wildman–Crippen MR) is 103 cm³/mol. The number of pyridine rings is 1. The molecule has 3 aliphatic rings. The summed E-state index contributed by atoms with van der Waals surface area (Å²) in [6.07, 6.45) is 14.4. The summed E-state index contributed by atoms with van der Waals surface area (Å²) in [6.45, 7) is 3.06. The Bertz CT molecular complexity index is 717. The zero-order valence-electron chi connectivity index (χ0n) is 15.7. The lowest BCUT2D eigenvalue weighted by Gasteiger charge is -2.19. The van der Waals surface area contributed by atoms with Crippen LogP contribution in [0.15, 0.2) is 60.2 Å². The largest absolute Gasteiger partial charge is 0.349 e. The molecule has 2 saturated heterocycles. The Morgan fingerprint density at radius 2 is 2.22 bits per heavy atom. The van der Waals surface area contributed by atoms with Gasteiger partial charge < -0.3 is 14.8 Å². The van der Waals surface area contributed by atoms with Crippen molar-refractivity contribution in [3.63, 3.8) is 0 Å². The quantitative estimate of drug-likeness (QED) is 0.807. The Morgan fingerprint density at radius 3 is 3.04 bits per heavy atom. The second-order valence-corrected chi connectivity index (χ2v) is 7.63. The summed E-state index contributed by atoms with van der Waals surface area (Å²) in [4.78, 5) is 4.17. The van der Waals surface area contributed by atoms with E-state index >= 15 is 0 Å². The molecule has 1 N–H and O–H groups in total. The summed E-state index contributed by atoms with van der Waals surface area (Å²) in [5, 5.41) is 3.54. The summed E-state index contributed by atoms with van der Waals surface area (Å²) in [7, 11) is 0. The van der Waals surface area contributed by atoms with Gasteiger partial charge in [0.2, 0.25) is 0 Å². The van der Waals surface area contributed by atoms with Crippen LogP contribution >= 0.6 is 0 Å². The zero-order chi connectivity index (χ0) is 18.6. The molecule has 0 bridgehead atoms. The highest BCUT2D eigenvalue weighted by Crippen LogP contribution is 2.41. The van der Waals surface area contributed by atoms with Crippen molar-refractivity contribution >= 4 is 0 Å². The van der Waals surface area contributed by atoms with Gasteiger partial charge >= 0.3 is 0 Å². The molecule has 3 heterocycles. The molecule has 2 aliphatic heterocycles. The fourth-order valence-corrected chi connectivity index (χ4v) is 4.14. The van der Waals surface area contributed by atoms with E-state index in [1.54, 1.807) is 6.20 Å². The molecule has 0 spiro atoms. The van der Waals surface area contributed by atoms with Crippen molar-refractivity contribution in [3.05, 3.63) is 65.8 Å². The summed E-state index contributed by atoms with van der Waals surface area (Å²) in [5.74, 6) is 0.241. The van der Waals surface area contributed by atoms with Gasteiger partial charge in [0, 0.05) is 24.4 Å². The molecule has 0 aromatic carbocycles. The first-order chi connectivity index (χ1) is 13.2. The van der Waals surface area contributed by atoms with Gasteiger partial charge in [0.15, 0.2) is 6.29 Å². The maximum atomic E-state index is 13.3. The van der Waals surface area contributed by atoms with E-state index in [1.165, 1.54) is 17.7 Å². The Balaban J connectivity index is 1.22. The van der Waals surface area contributed by atoms with Crippen molar-refractivity contribution in [1.82, 2.24) is 10.3 Å². The van der Waals surface area contributed by atoms with Crippen LogP contribution < -0.4 is 5.32 Å². The summed E-state index contributed by atoms with van der Waals surface area (Å²) in [5.41, 5.74) is 2.34. The monoisotopic (exact) mass is 370 g/mol. The van der Waals surface area contributed by atoms with Gasteiger partial charge in [-0.15, -0.1) is 0 Å². The first-order valence-corrected chi connectivity index (χ1v) is 9.86. The van der Waals surface area contributed by atoms with Crippen LogP contribution in [-0.2, 0) is 9.47 Å². The van der Waals surface area contributed by atoms with E-state index in [0.29, 0.717) is 5.92 Å². The minimum Gasteiger partial charge on any atom is -0.349 e. The lowest BCUT2D eigenvalue weighted by molar-refractivity contribution is -0.133. The fraction of sp³-hybridized carbons (Fsp3) is 0.500. The molecule has 0 saturated carbocycles. The van der Waals surface area contributed by atoms with Crippen LogP contribution in [0.1, 0.15) is 44.2 Å². The predicted octanol–water partition coefficient (Wildman–Crippen LogP) is 4.38. The number of nitrogens with zero attached hydrogens (tertiary/aromatic N) is 1. The number of halogens is 1. The smallest absolute Gasteiger partial charge is 0.161 e. The van der Waals surface area contributed by atoms with E-state index in [4.69, 9.17) is 9.47 Å². The van der Waals surface area contributed by atoms with Gasteiger partial charge in [-0.25, -0.2) is 4.39 Å². The Kier molecular flexibility index (Phi) is 5.81. The number of nitrogens with one attached hydrogen (secondary N) is 1. The first-order valence-electron chi connectivity index (χ1n) is 9.86. The molecule has 5 heteroatoms. The first kappa shape index (κ1) is 18.5. The number of rotatable bonds is 6. The molecule has 144 valence electrons. The average molecular weight is 370 g/mol. The van der Waals surface area contributed by atoms with Gasteiger partial charge in [0.05, 0.1) is 12.2 Å². The molecular formula is C22H27FN2O2. The number of allylic oxidation sites excluding steroid dienone is 5. The van der Waals surface area contributed by atoms with Crippen LogP contribution in [0.5, 0.6) is 0 Å². The van der Waals surface area contributed by atoms with Crippen molar-refractivity contribution in [1.29, 1.82) is 0 Å². The van der Waals surface area contributed by atoms with Gasteiger partial charge in [-0.3, -0.25) is 4.98 Å². The molecule has 0 radical (unpaired) electrons. The van der Waals surface area contributed by atoms with Crippen molar-refractivity contribution < 1.29 is 13.9 Å². The van der Waals surface area contributed by atoms with Crippen LogP contribution in [0.2, 0.25) is 0 Å². The fourth-order valence-electron chi connectivity index (χ4n) is 4.14. The lowest BCUT2D eigenvalue weighted by Crippen LogP contribution is -2.25. The molecule has 0 amide bonds. The highest BCUT2D eigenvalue weighted by Gasteiger charge is 2.44. The van der Waals surface area contributed by atoms with Crippen LogP contribution in [0, 0.1) is 5.92 Å². The average Bonchev–Trinajstić information content (AvgIpc) is 3.16. The van der Waals surface area contributed by atoms with Crippen molar-refractivity contribution in [2.75, 3.05) is 6.54 Å². The van der Waals surface area contributed by atoms with E-state index in [1.807, 2.05) is 24.4 Å². The van der Waals surface area contributed by atoms with E-state index < -0.39 is 0 Å². The number of fused-ring (bicyclic) bond motifs is 1. The maximum Gasteiger partial charge on any atom is 0.161 e. The molecule has 1 aromatic heterocycles. The third-order valence-corrected chi connectivity index (χ3v) is 5.69. The second kappa shape index (κ2) is 8.46. The molecule has 5 unspecified atom stereocenters. The normalized spacial score (nSPS) is 31.2. The maximum absolute atomic E-state index is 13.3. The zero-order valence-corrected chi connectivity index (χ0v) is 15.7. The van der Waals surface area contributed by atoms with Crippen molar-refractivity contribution in [3.8, 4) is 0 Å². The number of ether oxygens (including phenoxy) is 2. The second-order valence-electron chi connectivity index (χ2n) is 7.63.